The summed E-state index contributed by atoms with van der Waals surface area (Å²) in [7, 11) is 1.73. The van der Waals surface area contributed by atoms with E-state index in [4.69, 9.17) is 4.74 Å². The fourth-order valence-corrected chi connectivity index (χ4v) is 2.48. The van der Waals surface area contributed by atoms with Crippen LogP contribution in [-0.2, 0) is 13.6 Å². The van der Waals surface area contributed by atoms with Crippen LogP contribution in [0.25, 0.3) is 11.0 Å². The molecule has 0 aliphatic carbocycles. The second-order valence-corrected chi connectivity index (χ2v) is 5.11. The Morgan fingerprint density at radius 2 is 1.70 bits per heavy atom. The maximum absolute atomic E-state index is 12.2. The SMILES string of the molecule is Cn1c(=O)n(CCNC(=O)Oc2ccccc2)c2ccccc21. The predicted molar refractivity (Wildman–Crippen MR) is 87.6 cm³/mol. The third-order valence-electron chi connectivity index (χ3n) is 3.61. The molecule has 0 spiro atoms. The lowest BCUT2D eigenvalue weighted by molar-refractivity contribution is 0.200. The van der Waals surface area contributed by atoms with Crippen LogP contribution in [0.5, 0.6) is 5.75 Å². The monoisotopic (exact) mass is 311 g/mol. The van der Waals surface area contributed by atoms with E-state index in [1.54, 1.807) is 40.4 Å². The number of ether oxygens (including phenoxy) is 1. The quantitative estimate of drug-likeness (QED) is 0.803. The fourth-order valence-electron chi connectivity index (χ4n) is 2.48. The summed E-state index contributed by atoms with van der Waals surface area (Å²) in [6.45, 7) is 0.684. The van der Waals surface area contributed by atoms with Gasteiger partial charge in [-0.3, -0.25) is 9.13 Å². The lowest BCUT2D eigenvalue weighted by Crippen LogP contribution is -2.32. The summed E-state index contributed by atoms with van der Waals surface area (Å²) in [5.41, 5.74) is 1.60. The van der Waals surface area contributed by atoms with E-state index in [0.29, 0.717) is 18.8 Å². The van der Waals surface area contributed by atoms with Gasteiger partial charge < -0.3 is 10.1 Å². The normalized spacial score (nSPS) is 10.7. The molecular weight excluding hydrogens is 294 g/mol. The minimum absolute atomic E-state index is 0.107. The van der Waals surface area contributed by atoms with Crippen LogP contribution in [0.2, 0.25) is 0 Å². The Kier molecular flexibility index (Phi) is 4.14. The van der Waals surface area contributed by atoms with Crippen molar-refractivity contribution in [2.24, 2.45) is 7.05 Å². The highest BCUT2D eigenvalue weighted by Crippen LogP contribution is 2.11. The first-order valence-corrected chi connectivity index (χ1v) is 7.32. The van der Waals surface area contributed by atoms with E-state index in [-0.39, 0.29) is 5.69 Å². The van der Waals surface area contributed by atoms with Gasteiger partial charge >= 0.3 is 11.8 Å². The van der Waals surface area contributed by atoms with Crippen LogP contribution in [0.3, 0.4) is 0 Å². The highest BCUT2D eigenvalue weighted by Gasteiger charge is 2.10. The average Bonchev–Trinajstić information content (AvgIpc) is 2.81. The van der Waals surface area contributed by atoms with Crippen LogP contribution in [-0.4, -0.2) is 21.8 Å². The Hall–Kier alpha value is -3.02. The van der Waals surface area contributed by atoms with E-state index >= 15 is 0 Å². The third-order valence-corrected chi connectivity index (χ3v) is 3.61. The van der Waals surface area contributed by atoms with Crippen LogP contribution >= 0.6 is 0 Å². The van der Waals surface area contributed by atoms with E-state index in [1.807, 2.05) is 30.3 Å². The number of nitrogens with one attached hydrogen (secondary N) is 1. The number of amides is 1. The van der Waals surface area contributed by atoms with Crippen molar-refractivity contribution in [1.29, 1.82) is 0 Å². The molecule has 1 heterocycles. The van der Waals surface area contributed by atoms with Gasteiger partial charge in [0, 0.05) is 20.1 Å². The lowest BCUT2D eigenvalue weighted by atomic mass is 10.3. The molecular formula is C17H17N3O3. The number of carbonyl (C=O) groups excluding carboxylic acids is 1. The number of fused-ring (bicyclic) bond motifs is 1. The molecule has 0 atom stereocenters. The van der Waals surface area contributed by atoms with Crippen molar-refractivity contribution in [3.05, 3.63) is 65.1 Å². The average molecular weight is 311 g/mol. The first-order valence-electron chi connectivity index (χ1n) is 7.32. The van der Waals surface area contributed by atoms with Gasteiger partial charge in [0.2, 0.25) is 0 Å². The number of imidazole rings is 1. The molecule has 6 nitrogen and oxygen atoms in total. The molecule has 0 radical (unpaired) electrons. The molecule has 1 aromatic heterocycles. The summed E-state index contributed by atoms with van der Waals surface area (Å²) >= 11 is 0. The zero-order valence-electron chi connectivity index (χ0n) is 12.7. The van der Waals surface area contributed by atoms with E-state index in [9.17, 15) is 9.59 Å². The first kappa shape index (κ1) is 14.9. The molecule has 0 bridgehead atoms. The van der Waals surface area contributed by atoms with Crippen molar-refractivity contribution in [2.75, 3.05) is 6.54 Å². The number of benzene rings is 2. The van der Waals surface area contributed by atoms with Crippen molar-refractivity contribution in [3.63, 3.8) is 0 Å². The summed E-state index contributed by atoms with van der Waals surface area (Å²) in [6, 6.07) is 16.4. The third kappa shape index (κ3) is 3.11. The number of hydrogen-bond donors (Lipinski definition) is 1. The number of hydrogen-bond acceptors (Lipinski definition) is 3. The molecule has 1 amide bonds. The number of aryl methyl sites for hydroxylation is 1. The second-order valence-electron chi connectivity index (χ2n) is 5.11. The summed E-state index contributed by atoms with van der Waals surface area (Å²) in [6.07, 6.45) is -0.538. The summed E-state index contributed by atoms with van der Waals surface area (Å²) < 4.78 is 8.36. The molecule has 0 saturated heterocycles. The van der Waals surface area contributed by atoms with Gasteiger partial charge in [-0.1, -0.05) is 30.3 Å². The van der Waals surface area contributed by atoms with Crippen molar-refractivity contribution < 1.29 is 9.53 Å². The van der Waals surface area contributed by atoms with Crippen LogP contribution in [0.15, 0.2) is 59.4 Å². The standard InChI is InChI=1S/C17H17N3O3/c1-19-14-9-5-6-10-15(14)20(17(19)22)12-11-18-16(21)23-13-7-3-2-4-8-13/h2-10H,11-12H2,1H3,(H,18,21). The van der Waals surface area contributed by atoms with Crippen LogP contribution < -0.4 is 15.7 Å². The van der Waals surface area contributed by atoms with Gasteiger partial charge in [0.05, 0.1) is 11.0 Å². The van der Waals surface area contributed by atoms with Gasteiger partial charge in [-0.15, -0.1) is 0 Å². The molecule has 1 N–H and O–H groups in total. The maximum atomic E-state index is 12.2. The van der Waals surface area contributed by atoms with Crippen LogP contribution in [0, 0.1) is 0 Å². The van der Waals surface area contributed by atoms with Gasteiger partial charge in [0.15, 0.2) is 0 Å². The van der Waals surface area contributed by atoms with Crippen molar-refractivity contribution in [1.82, 2.24) is 14.5 Å². The molecule has 118 valence electrons. The topological polar surface area (TPSA) is 65.3 Å². The first-order chi connectivity index (χ1) is 11.2. The van der Waals surface area contributed by atoms with E-state index in [1.165, 1.54) is 0 Å². The molecule has 0 aliphatic heterocycles. The van der Waals surface area contributed by atoms with Crippen LogP contribution in [0.1, 0.15) is 0 Å². The molecule has 3 aromatic rings. The Bertz CT molecular complexity index is 881. The molecule has 0 fully saturated rings. The maximum Gasteiger partial charge on any atom is 0.412 e. The molecule has 0 saturated carbocycles. The largest absolute Gasteiger partial charge is 0.412 e. The van der Waals surface area contributed by atoms with Gasteiger partial charge in [-0.2, -0.15) is 0 Å². The lowest BCUT2D eigenvalue weighted by Gasteiger charge is -2.07. The highest BCUT2D eigenvalue weighted by molar-refractivity contribution is 5.76. The Balaban J connectivity index is 1.64. The Morgan fingerprint density at radius 1 is 1.04 bits per heavy atom. The number of para-hydroxylation sites is 3. The molecule has 6 heteroatoms. The van der Waals surface area contributed by atoms with Crippen LogP contribution in [0.4, 0.5) is 4.79 Å². The van der Waals surface area contributed by atoms with Crippen molar-refractivity contribution >= 4 is 17.1 Å². The molecule has 0 unspecified atom stereocenters. The van der Waals surface area contributed by atoms with E-state index in [0.717, 1.165) is 11.0 Å². The molecule has 2 aromatic carbocycles. The number of rotatable bonds is 4. The fraction of sp³-hybridized carbons (Fsp3) is 0.176. The Morgan fingerprint density at radius 3 is 2.43 bits per heavy atom. The van der Waals surface area contributed by atoms with Crippen molar-refractivity contribution in [3.8, 4) is 5.75 Å². The van der Waals surface area contributed by atoms with Gasteiger partial charge in [-0.25, -0.2) is 9.59 Å². The smallest absolute Gasteiger partial charge is 0.410 e. The molecule has 23 heavy (non-hydrogen) atoms. The highest BCUT2D eigenvalue weighted by atomic mass is 16.6. The van der Waals surface area contributed by atoms with Gasteiger partial charge in [0.25, 0.3) is 0 Å². The predicted octanol–water partition coefficient (Wildman–Crippen LogP) is 2.13. The van der Waals surface area contributed by atoms with E-state index in [2.05, 4.69) is 5.32 Å². The minimum Gasteiger partial charge on any atom is -0.410 e. The summed E-state index contributed by atoms with van der Waals surface area (Å²) in [5, 5.41) is 2.65. The summed E-state index contributed by atoms with van der Waals surface area (Å²) in [5.74, 6) is 0.479. The molecule has 3 rings (SSSR count). The van der Waals surface area contributed by atoms with Gasteiger partial charge in [-0.05, 0) is 24.3 Å². The Labute approximate surface area is 132 Å². The number of carbonyl (C=O) groups is 1. The van der Waals surface area contributed by atoms with Crippen molar-refractivity contribution in [2.45, 2.75) is 6.54 Å². The molecule has 0 aliphatic rings. The minimum atomic E-state index is -0.538. The zero-order valence-corrected chi connectivity index (χ0v) is 12.7. The second kappa shape index (κ2) is 6.39. The zero-order chi connectivity index (χ0) is 16.2. The van der Waals surface area contributed by atoms with E-state index < -0.39 is 6.09 Å². The summed E-state index contributed by atoms with van der Waals surface area (Å²) in [4.78, 5) is 24.0. The number of nitrogens with zero attached hydrogens (tertiary/aromatic N) is 2. The van der Waals surface area contributed by atoms with Gasteiger partial charge in [0.1, 0.15) is 5.75 Å². The number of aromatic nitrogens is 2.